The lowest BCUT2D eigenvalue weighted by atomic mass is 10.2. The molecule has 1 atom stereocenters. The molecular formula is C20H20ClN4O3+. The largest absolute Gasteiger partial charge is 0.424 e. The monoisotopic (exact) mass is 399 g/mol. The van der Waals surface area contributed by atoms with Crippen LogP contribution in [0.1, 0.15) is 19.7 Å². The van der Waals surface area contributed by atoms with E-state index in [1.165, 1.54) is 0 Å². The lowest BCUT2D eigenvalue weighted by Crippen LogP contribution is -3.13. The average Bonchev–Trinajstić information content (AvgIpc) is 3.26. The maximum absolute atomic E-state index is 12.3. The van der Waals surface area contributed by atoms with E-state index in [2.05, 4.69) is 24.0 Å². The number of halogens is 1. The van der Waals surface area contributed by atoms with Gasteiger partial charge in [0.05, 0.1) is 11.6 Å². The summed E-state index contributed by atoms with van der Waals surface area (Å²) >= 11 is 5.92. The highest BCUT2D eigenvalue weighted by atomic mass is 35.5. The number of rotatable bonds is 6. The van der Waals surface area contributed by atoms with E-state index in [4.69, 9.17) is 20.4 Å². The first-order valence-corrected chi connectivity index (χ1v) is 9.40. The van der Waals surface area contributed by atoms with E-state index >= 15 is 0 Å². The lowest BCUT2D eigenvalue weighted by molar-refractivity contribution is -0.957. The zero-order valence-electron chi connectivity index (χ0n) is 15.6. The molecule has 8 heteroatoms. The second-order valence-electron chi connectivity index (χ2n) is 6.92. The molecule has 0 aliphatic carbocycles. The van der Waals surface area contributed by atoms with Gasteiger partial charge in [-0.05, 0) is 50.2 Å². The van der Waals surface area contributed by atoms with Gasteiger partial charge >= 0.3 is 5.76 Å². The van der Waals surface area contributed by atoms with Crippen LogP contribution in [0.2, 0.25) is 5.02 Å². The highest BCUT2D eigenvalue weighted by Crippen LogP contribution is 2.20. The van der Waals surface area contributed by atoms with Crippen molar-refractivity contribution in [2.45, 2.75) is 33.1 Å². The van der Waals surface area contributed by atoms with Crippen LogP contribution >= 0.6 is 11.6 Å². The molecule has 7 nitrogen and oxygen atoms in total. The third-order valence-electron chi connectivity index (χ3n) is 4.69. The molecule has 0 bridgehead atoms. The maximum Gasteiger partial charge on any atom is 0.424 e. The molecule has 0 saturated heterocycles. The maximum atomic E-state index is 12.3. The number of nitrogens with one attached hydrogen (secondary N) is 1. The molecule has 0 spiro atoms. The summed E-state index contributed by atoms with van der Waals surface area (Å²) in [6.45, 7) is 5.09. The van der Waals surface area contributed by atoms with Crippen LogP contribution in [-0.2, 0) is 13.2 Å². The van der Waals surface area contributed by atoms with Crippen molar-refractivity contribution in [3.63, 3.8) is 0 Å². The van der Waals surface area contributed by atoms with Crippen molar-refractivity contribution in [1.29, 1.82) is 0 Å². The SMILES string of the molecule is CC(C)[NH+](Cc1nnc(-c2ccc(Cl)cc2)o1)Cn1c(=O)oc2ccccc21. The van der Waals surface area contributed by atoms with Crippen molar-refractivity contribution in [2.24, 2.45) is 0 Å². The van der Waals surface area contributed by atoms with E-state index < -0.39 is 0 Å². The number of benzene rings is 2. The van der Waals surface area contributed by atoms with Crippen LogP contribution in [0.25, 0.3) is 22.6 Å². The summed E-state index contributed by atoms with van der Waals surface area (Å²) in [7, 11) is 0. The Hall–Kier alpha value is -2.90. The molecule has 0 radical (unpaired) electrons. The van der Waals surface area contributed by atoms with Crippen LogP contribution in [0.4, 0.5) is 0 Å². The predicted octanol–water partition coefficient (Wildman–Crippen LogP) is 2.75. The van der Waals surface area contributed by atoms with Crippen molar-refractivity contribution in [3.8, 4) is 11.5 Å². The molecule has 2 aromatic heterocycles. The second kappa shape index (κ2) is 7.61. The number of oxazole rings is 1. The normalized spacial score (nSPS) is 12.7. The van der Waals surface area contributed by atoms with Gasteiger partial charge in [0.1, 0.15) is 0 Å². The average molecular weight is 400 g/mol. The third-order valence-corrected chi connectivity index (χ3v) is 4.94. The van der Waals surface area contributed by atoms with Crippen molar-refractivity contribution in [3.05, 3.63) is 70.0 Å². The third kappa shape index (κ3) is 3.72. The Morgan fingerprint density at radius 3 is 2.57 bits per heavy atom. The first kappa shape index (κ1) is 18.5. The molecule has 2 heterocycles. The van der Waals surface area contributed by atoms with E-state index in [-0.39, 0.29) is 11.8 Å². The highest BCUT2D eigenvalue weighted by molar-refractivity contribution is 6.30. The van der Waals surface area contributed by atoms with Gasteiger partial charge in [-0.1, -0.05) is 23.7 Å². The minimum absolute atomic E-state index is 0.228. The fourth-order valence-corrected chi connectivity index (χ4v) is 3.16. The zero-order chi connectivity index (χ0) is 19.7. The van der Waals surface area contributed by atoms with Crippen molar-refractivity contribution < 1.29 is 13.7 Å². The van der Waals surface area contributed by atoms with Gasteiger partial charge in [-0.2, -0.15) is 0 Å². The van der Waals surface area contributed by atoms with E-state index in [0.29, 0.717) is 35.6 Å². The number of fused-ring (bicyclic) bond motifs is 1. The Morgan fingerprint density at radius 1 is 1.07 bits per heavy atom. The predicted molar refractivity (Wildman–Crippen MR) is 105 cm³/mol. The van der Waals surface area contributed by atoms with Gasteiger partial charge in [-0.3, -0.25) is 0 Å². The van der Waals surface area contributed by atoms with E-state index in [9.17, 15) is 4.79 Å². The van der Waals surface area contributed by atoms with Crippen LogP contribution in [0.5, 0.6) is 0 Å². The van der Waals surface area contributed by atoms with E-state index in [0.717, 1.165) is 16.0 Å². The molecule has 28 heavy (non-hydrogen) atoms. The molecule has 0 aliphatic heterocycles. The Morgan fingerprint density at radius 2 is 1.82 bits per heavy atom. The van der Waals surface area contributed by atoms with Crippen LogP contribution in [0.3, 0.4) is 0 Å². The fourth-order valence-electron chi connectivity index (χ4n) is 3.04. The van der Waals surface area contributed by atoms with Gasteiger partial charge in [-0.25, -0.2) is 9.36 Å². The summed E-state index contributed by atoms with van der Waals surface area (Å²) in [5.41, 5.74) is 2.17. The van der Waals surface area contributed by atoms with Crippen molar-refractivity contribution >= 4 is 22.7 Å². The van der Waals surface area contributed by atoms with Crippen molar-refractivity contribution in [1.82, 2.24) is 14.8 Å². The molecule has 144 valence electrons. The number of hydrogen-bond donors (Lipinski definition) is 1. The first-order valence-electron chi connectivity index (χ1n) is 9.02. The molecule has 0 saturated carbocycles. The van der Waals surface area contributed by atoms with Crippen LogP contribution < -0.4 is 10.7 Å². The number of quaternary nitrogens is 1. The summed E-state index contributed by atoms with van der Waals surface area (Å²) in [6, 6.07) is 14.9. The van der Waals surface area contributed by atoms with Gasteiger partial charge in [-0.15, -0.1) is 10.2 Å². The molecule has 1 N–H and O–H groups in total. The fraction of sp³-hybridized carbons (Fsp3) is 0.250. The molecule has 2 aromatic carbocycles. The molecule has 0 amide bonds. The smallest absolute Gasteiger partial charge is 0.415 e. The van der Waals surface area contributed by atoms with Gasteiger partial charge in [0.2, 0.25) is 5.89 Å². The first-order chi connectivity index (χ1) is 13.5. The zero-order valence-corrected chi connectivity index (χ0v) is 16.3. The molecule has 0 fully saturated rings. The lowest BCUT2D eigenvalue weighted by Gasteiger charge is -2.21. The number of aromatic nitrogens is 3. The van der Waals surface area contributed by atoms with Gasteiger partial charge in [0, 0.05) is 10.6 Å². The number of hydrogen-bond acceptors (Lipinski definition) is 5. The molecule has 4 rings (SSSR count). The summed E-state index contributed by atoms with van der Waals surface area (Å²) in [6.07, 6.45) is 0. The van der Waals surface area contributed by atoms with Crippen LogP contribution in [-0.4, -0.2) is 20.8 Å². The Labute approximate surface area is 166 Å². The van der Waals surface area contributed by atoms with Gasteiger partial charge in [0.25, 0.3) is 5.89 Å². The molecule has 0 aliphatic rings. The standard InChI is InChI=1S/C20H19ClN4O3/c1-13(2)24(12-25-16-5-3-4-6-17(16)27-20(25)26)11-18-22-23-19(28-18)14-7-9-15(21)10-8-14/h3-10,13H,11-12H2,1-2H3/p+1. The summed E-state index contributed by atoms with van der Waals surface area (Å²) in [5, 5.41) is 8.95. The number of para-hydroxylation sites is 2. The topological polar surface area (TPSA) is 78.5 Å². The minimum Gasteiger partial charge on any atom is -0.415 e. The molecule has 4 aromatic rings. The van der Waals surface area contributed by atoms with Crippen LogP contribution in [0, 0.1) is 0 Å². The highest BCUT2D eigenvalue weighted by Gasteiger charge is 2.21. The Bertz CT molecular complexity index is 1140. The van der Waals surface area contributed by atoms with Gasteiger partial charge in [0.15, 0.2) is 18.8 Å². The summed E-state index contributed by atoms with van der Waals surface area (Å²) < 4.78 is 12.8. The Balaban J connectivity index is 1.57. The summed E-state index contributed by atoms with van der Waals surface area (Å²) in [5.74, 6) is 0.585. The second-order valence-corrected chi connectivity index (χ2v) is 7.36. The molecular weight excluding hydrogens is 380 g/mol. The Kier molecular flexibility index (Phi) is 5.02. The van der Waals surface area contributed by atoms with Crippen molar-refractivity contribution in [2.75, 3.05) is 0 Å². The van der Waals surface area contributed by atoms with Crippen LogP contribution in [0.15, 0.2) is 62.2 Å². The van der Waals surface area contributed by atoms with E-state index in [1.807, 2.05) is 30.3 Å². The van der Waals surface area contributed by atoms with Gasteiger partial charge < -0.3 is 13.7 Å². The number of nitrogens with zero attached hydrogens (tertiary/aromatic N) is 3. The molecule has 1 unspecified atom stereocenters. The minimum atomic E-state index is -0.369. The summed E-state index contributed by atoms with van der Waals surface area (Å²) in [4.78, 5) is 13.4. The quantitative estimate of drug-likeness (QED) is 0.539. The van der Waals surface area contributed by atoms with E-state index in [1.54, 1.807) is 22.8 Å².